The number of methoxy groups -OCH3 is 1. The summed E-state index contributed by atoms with van der Waals surface area (Å²) in [6, 6.07) is 0. The molecule has 0 aliphatic heterocycles. The highest BCUT2D eigenvalue weighted by atomic mass is 32.2. The summed E-state index contributed by atoms with van der Waals surface area (Å²) in [6.07, 6.45) is 4.37. The highest BCUT2D eigenvalue weighted by molar-refractivity contribution is 7.99. The number of hydrogen-bond acceptors (Lipinski definition) is 4. The molecule has 0 aromatic rings. The van der Waals surface area contributed by atoms with Crippen molar-refractivity contribution in [2.45, 2.75) is 25.0 Å². The summed E-state index contributed by atoms with van der Waals surface area (Å²) < 4.78 is 10.3. The third kappa shape index (κ3) is 12.2. The molecule has 0 bridgehead atoms. The topological polar surface area (TPSA) is 30.5 Å². The summed E-state index contributed by atoms with van der Waals surface area (Å²) in [7, 11) is 1.72. The molecule has 0 radical (unpaired) electrons. The van der Waals surface area contributed by atoms with Gasteiger partial charge in [-0.3, -0.25) is 0 Å². The van der Waals surface area contributed by atoms with Crippen molar-refractivity contribution in [1.29, 1.82) is 0 Å². The maximum absolute atomic E-state index is 5.42. The lowest BCUT2D eigenvalue weighted by Crippen LogP contribution is -2.23. The summed E-state index contributed by atoms with van der Waals surface area (Å²) in [5.74, 6) is 0. The van der Waals surface area contributed by atoms with Crippen LogP contribution >= 0.6 is 11.8 Å². The van der Waals surface area contributed by atoms with Crippen LogP contribution in [0.1, 0.15) is 19.8 Å². The molecule has 0 aromatic carbocycles. The minimum absolute atomic E-state index is 0.750. The molecule has 0 spiro atoms. The normalized spacial score (nSPS) is 13.0. The van der Waals surface area contributed by atoms with Crippen molar-refractivity contribution >= 4 is 11.8 Å². The van der Waals surface area contributed by atoms with Crippen molar-refractivity contribution in [3.05, 3.63) is 0 Å². The Morgan fingerprint density at radius 2 is 2.00 bits per heavy atom. The molecule has 0 aromatic heterocycles. The first-order valence-electron chi connectivity index (χ1n) is 5.61. The number of nitrogens with one attached hydrogen (secondary N) is 1. The first-order chi connectivity index (χ1) is 7.31. The Hall–Kier alpha value is 0.230. The summed E-state index contributed by atoms with van der Waals surface area (Å²) >= 11 is 1.92. The first-order valence-corrected chi connectivity index (χ1v) is 6.90. The molecule has 3 nitrogen and oxygen atoms in total. The Kier molecular flexibility index (Phi) is 12.5. The summed E-state index contributed by atoms with van der Waals surface area (Å²) in [5.41, 5.74) is 0. The van der Waals surface area contributed by atoms with Crippen molar-refractivity contribution in [2.24, 2.45) is 0 Å². The van der Waals surface area contributed by atoms with E-state index in [1.165, 1.54) is 6.42 Å². The summed E-state index contributed by atoms with van der Waals surface area (Å²) in [4.78, 5) is 0. The molecule has 0 aliphatic rings. The number of hydrogen-bond donors (Lipinski definition) is 1. The zero-order valence-corrected chi connectivity index (χ0v) is 11.1. The van der Waals surface area contributed by atoms with Gasteiger partial charge in [0.15, 0.2) is 0 Å². The highest BCUT2D eigenvalue weighted by Gasteiger charge is 1.97. The minimum Gasteiger partial charge on any atom is -0.385 e. The maximum Gasteiger partial charge on any atom is 0.0590 e. The molecule has 0 aliphatic carbocycles. The van der Waals surface area contributed by atoms with Gasteiger partial charge in [0.2, 0.25) is 0 Å². The lowest BCUT2D eigenvalue weighted by atomic mass is 10.3. The second-order valence-electron chi connectivity index (χ2n) is 3.54. The summed E-state index contributed by atoms with van der Waals surface area (Å²) in [5, 5.41) is 4.12. The summed E-state index contributed by atoms with van der Waals surface area (Å²) in [6.45, 7) is 6.69. The van der Waals surface area contributed by atoms with Gasteiger partial charge in [-0.05, 0) is 25.6 Å². The molecule has 15 heavy (non-hydrogen) atoms. The largest absolute Gasteiger partial charge is 0.385 e. The van der Waals surface area contributed by atoms with Crippen LogP contribution in [-0.4, -0.2) is 51.5 Å². The molecular formula is C11H25NO2S. The molecule has 1 atom stereocenters. The lowest BCUT2D eigenvalue weighted by molar-refractivity contribution is 0.104. The predicted octanol–water partition coefficient (Wildman–Crippen LogP) is 1.77. The van der Waals surface area contributed by atoms with Crippen LogP contribution in [0, 0.1) is 0 Å². The van der Waals surface area contributed by atoms with Gasteiger partial charge in [0.1, 0.15) is 0 Å². The van der Waals surface area contributed by atoms with Gasteiger partial charge in [0.25, 0.3) is 0 Å². The zero-order valence-electron chi connectivity index (χ0n) is 10.3. The Balaban J connectivity index is 2.92. The Labute approximate surface area is 98.3 Å². The second-order valence-corrected chi connectivity index (χ2v) is 4.82. The third-order valence-electron chi connectivity index (χ3n) is 2.19. The number of rotatable bonds is 11. The van der Waals surface area contributed by atoms with Crippen molar-refractivity contribution in [3.8, 4) is 0 Å². The molecule has 1 N–H and O–H groups in total. The van der Waals surface area contributed by atoms with Crippen molar-refractivity contribution in [3.63, 3.8) is 0 Å². The monoisotopic (exact) mass is 235 g/mol. The SMILES string of the molecule is COCCCOCCNCCC(C)SC. The van der Waals surface area contributed by atoms with Gasteiger partial charge in [-0.15, -0.1) is 0 Å². The molecule has 92 valence electrons. The van der Waals surface area contributed by atoms with Crippen molar-refractivity contribution in [2.75, 3.05) is 46.3 Å². The fourth-order valence-corrected chi connectivity index (χ4v) is 1.45. The van der Waals surface area contributed by atoms with E-state index in [4.69, 9.17) is 9.47 Å². The number of thioether (sulfide) groups is 1. The molecule has 1 unspecified atom stereocenters. The quantitative estimate of drug-likeness (QED) is 0.553. The van der Waals surface area contributed by atoms with E-state index in [-0.39, 0.29) is 0 Å². The zero-order chi connectivity index (χ0) is 11.4. The molecule has 0 saturated carbocycles. The van der Waals surface area contributed by atoms with E-state index in [1.807, 2.05) is 11.8 Å². The fourth-order valence-electron chi connectivity index (χ4n) is 1.10. The third-order valence-corrected chi connectivity index (χ3v) is 3.23. The van der Waals surface area contributed by atoms with Gasteiger partial charge < -0.3 is 14.8 Å². The Morgan fingerprint density at radius 1 is 1.20 bits per heavy atom. The van der Waals surface area contributed by atoms with E-state index in [9.17, 15) is 0 Å². The van der Waals surface area contributed by atoms with Crippen molar-refractivity contribution in [1.82, 2.24) is 5.32 Å². The average molecular weight is 235 g/mol. The van der Waals surface area contributed by atoms with Gasteiger partial charge in [-0.2, -0.15) is 11.8 Å². The predicted molar refractivity (Wildman–Crippen MR) is 67.8 cm³/mol. The molecular weight excluding hydrogens is 210 g/mol. The van der Waals surface area contributed by atoms with Crippen LogP contribution in [0.3, 0.4) is 0 Å². The maximum atomic E-state index is 5.42. The van der Waals surface area contributed by atoms with Gasteiger partial charge in [0, 0.05) is 32.1 Å². The van der Waals surface area contributed by atoms with Gasteiger partial charge in [0.05, 0.1) is 6.61 Å². The van der Waals surface area contributed by atoms with E-state index in [2.05, 4.69) is 18.5 Å². The van der Waals surface area contributed by atoms with Crippen LogP contribution < -0.4 is 5.32 Å². The average Bonchev–Trinajstić information content (AvgIpc) is 2.26. The first kappa shape index (κ1) is 15.2. The molecule has 0 fully saturated rings. The highest BCUT2D eigenvalue weighted by Crippen LogP contribution is 2.07. The van der Waals surface area contributed by atoms with Crippen LogP contribution in [0.4, 0.5) is 0 Å². The molecule has 0 heterocycles. The Morgan fingerprint density at radius 3 is 2.67 bits per heavy atom. The van der Waals surface area contributed by atoms with E-state index in [0.717, 1.165) is 44.6 Å². The van der Waals surface area contributed by atoms with Crippen molar-refractivity contribution < 1.29 is 9.47 Å². The van der Waals surface area contributed by atoms with Crippen LogP contribution in [-0.2, 0) is 9.47 Å². The van der Waals surface area contributed by atoms with E-state index < -0.39 is 0 Å². The second kappa shape index (κ2) is 12.3. The number of ether oxygens (including phenoxy) is 2. The lowest BCUT2D eigenvalue weighted by Gasteiger charge is -2.09. The molecule has 0 saturated heterocycles. The van der Waals surface area contributed by atoms with E-state index in [0.29, 0.717) is 0 Å². The van der Waals surface area contributed by atoms with Crippen LogP contribution in [0.2, 0.25) is 0 Å². The fraction of sp³-hybridized carbons (Fsp3) is 1.00. The van der Waals surface area contributed by atoms with E-state index >= 15 is 0 Å². The van der Waals surface area contributed by atoms with Gasteiger partial charge in [-0.25, -0.2) is 0 Å². The van der Waals surface area contributed by atoms with Gasteiger partial charge >= 0.3 is 0 Å². The van der Waals surface area contributed by atoms with Crippen LogP contribution in [0.15, 0.2) is 0 Å². The molecule has 0 amide bonds. The standard InChI is InChI=1S/C11H25NO2S/c1-11(15-3)5-6-12-7-10-14-9-4-8-13-2/h11-12H,4-10H2,1-3H3. The van der Waals surface area contributed by atoms with E-state index in [1.54, 1.807) is 7.11 Å². The molecule has 0 rings (SSSR count). The smallest absolute Gasteiger partial charge is 0.0590 e. The minimum atomic E-state index is 0.750. The molecule has 4 heteroatoms. The van der Waals surface area contributed by atoms with Gasteiger partial charge in [-0.1, -0.05) is 6.92 Å². The van der Waals surface area contributed by atoms with Crippen LogP contribution in [0.25, 0.3) is 0 Å². The Bertz CT molecular complexity index is 125. The van der Waals surface area contributed by atoms with Crippen LogP contribution in [0.5, 0.6) is 0 Å².